The lowest BCUT2D eigenvalue weighted by molar-refractivity contribution is 0.511. The fraction of sp³-hybridized carbons (Fsp3) is 0.500. The molecule has 4 heteroatoms. The highest BCUT2D eigenvalue weighted by atomic mass is 79.9. The van der Waals surface area contributed by atoms with Crippen molar-refractivity contribution >= 4 is 44.8 Å². The van der Waals surface area contributed by atoms with Gasteiger partial charge in [-0.3, -0.25) is 0 Å². The number of anilines is 1. The van der Waals surface area contributed by atoms with Crippen molar-refractivity contribution in [2.24, 2.45) is 5.92 Å². The molecule has 1 unspecified atom stereocenters. The Morgan fingerprint density at radius 1 is 1.25 bits per heavy atom. The first kappa shape index (κ1) is 14.1. The molecule has 0 saturated carbocycles. The van der Waals surface area contributed by atoms with Crippen molar-refractivity contribution in [1.29, 1.82) is 0 Å². The Balaban J connectivity index is 2.96. The van der Waals surface area contributed by atoms with Crippen molar-refractivity contribution in [3.05, 3.63) is 26.7 Å². The lowest BCUT2D eigenvalue weighted by Crippen LogP contribution is -2.24. The summed E-state index contributed by atoms with van der Waals surface area (Å²) in [6.45, 7) is 6.52. The van der Waals surface area contributed by atoms with E-state index < -0.39 is 0 Å². The Morgan fingerprint density at radius 2 is 1.75 bits per heavy atom. The molecule has 0 fully saturated rings. The third-order valence-electron chi connectivity index (χ3n) is 2.58. The number of halogens is 3. The smallest absolute Gasteiger partial charge is 0.0721 e. The van der Waals surface area contributed by atoms with Crippen molar-refractivity contribution in [3.8, 4) is 0 Å². The number of hydrogen-bond acceptors (Lipinski definition) is 1. The SMILES string of the molecule is CCC(Nc1c(Cl)cc(Br)cc1Cl)C(C)C. The second-order valence-electron chi connectivity index (χ2n) is 4.15. The molecule has 0 aromatic heterocycles. The second-order valence-corrected chi connectivity index (χ2v) is 5.88. The minimum atomic E-state index is 0.385. The Bertz CT molecular complexity index is 343. The molecule has 0 bridgehead atoms. The van der Waals surface area contributed by atoms with Gasteiger partial charge in [0.15, 0.2) is 0 Å². The Morgan fingerprint density at radius 3 is 2.12 bits per heavy atom. The van der Waals surface area contributed by atoms with Gasteiger partial charge in [-0.2, -0.15) is 0 Å². The summed E-state index contributed by atoms with van der Waals surface area (Å²) in [5.41, 5.74) is 0.826. The Kier molecular flexibility index (Phi) is 5.42. The van der Waals surface area contributed by atoms with Gasteiger partial charge < -0.3 is 5.32 Å². The highest BCUT2D eigenvalue weighted by Crippen LogP contribution is 2.35. The summed E-state index contributed by atoms with van der Waals surface area (Å²) in [7, 11) is 0. The maximum Gasteiger partial charge on any atom is 0.0721 e. The van der Waals surface area contributed by atoms with E-state index in [0.29, 0.717) is 22.0 Å². The summed E-state index contributed by atoms with van der Waals surface area (Å²) in [5.74, 6) is 0.542. The van der Waals surface area contributed by atoms with Gasteiger partial charge in [0.2, 0.25) is 0 Å². The van der Waals surface area contributed by atoms with Crippen LogP contribution in [0.2, 0.25) is 10.0 Å². The van der Waals surface area contributed by atoms with Gasteiger partial charge in [0.25, 0.3) is 0 Å². The lowest BCUT2D eigenvalue weighted by atomic mass is 10.0. The van der Waals surface area contributed by atoms with Crippen molar-refractivity contribution in [1.82, 2.24) is 0 Å². The van der Waals surface area contributed by atoms with Gasteiger partial charge in [0.05, 0.1) is 15.7 Å². The molecule has 0 amide bonds. The number of benzene rings is 1. The molecule has 1 aromatic rings. The van der Waals surface area contributed by atoms with Crippen molar-refractivity contribution in [3.63, 3.8) is 0 Å². The molecule has 1 rings (SSSR count). The maximum atomic E-state index is 6.16. The molecule has 1 aromatic carbocycles. The summed E-state index contributed by atoms with van der Waals surface area (Å²) >= 11 is 15.7. The van der Waals surface area contributed by atoms with Gasteiger partial charge in [-0.15, -0.1) is 0 Å². The highest BCUT2D eigenvalue weighted by Gasteiger charge is 2.15. The topological polar surface area (TPSA) is 12.0 Å². The molecule has 1 atom stereocenters. The quantitative estimate of drug-likeness (QED) is 0.759. The van der Waals surface area contributed by atoms with Crippen LogP contribution in [-0.4, -0.2) is 6.04 Å². The van der Waals surface area contributed by atoms with Crippen molar-refractivity contribution < 1.29 is 0 Å². The predicted molar refractivity (Wildman–Crippen MR) is 76.7 cm³/mol. The Hall–Kier alpha value is 0.0800. The number of nitrogens with one attached hydrogen (secondary N) is 1. The van der Waals surface area contributed by atoms with E-state index in [4.69, 9.17) is 23.2 Å². The second kappa shape index (κ2) is 6.13. The van der Waals surface area contributed by atoms with Gasteiger partial charge in [-0.05, 0) is 24.5 Å². The zero-order valence-electron chi connectivity index (χ0n) is 9.65. The van der Waals surface area contributed by atoms with Gasteiger partial charge in [-0.1, -0.05) is 59.9 Å². The predicted octanol–water partition coefficient (Wildman–Crippen LogP) is 5.60. The van der Waals surface area contributed by atoms with E-state index in [-0.39, 0.29) is 0 Å². The van der Waals surface area contributed by atoms with Crippen LogP contribution in [0.4, 0.5) is 5.69 Å². The first-order chi connectivity index (χ1) is 7.45. The molecule has 90 valence electrons. The number of rotatable bonds is 4. The van der Waals surface area contributed by atoms with Gasteiger partial charge >= 0.3 is 0 Å². The van der Waals surface area contributed by atoms with Crippen LogP contribution in [0.5, 0.6) is 0 Å². The zero-order valence-corrected chi connectivity index (χ0v) is 12.7. The average molecular weight is 325 g/mol. The number of hydrogen-bond donors (Lipinski definition) is 1. The van der Waals surface area contributed by atoms with Crippen LogP contribution in [0, 0.1) is 5.92 Å². The summed E-state index contributed by atoms with van der Waals surface area (Å²) < 4.78 is 0.894. The molecule has 0 aliphatic heterocycles. The third kappa shape index (κ3) is 3.54. The van der Waals surface area contributed by atoms with Crippen LogP contribution in [0.1, 0.15) is 27.2 Å². The lowest BCUT2D eigenvalue weighted by Gasteiger charge is -2.23. The van der Waals surface area contributed by atoms with Gasteiger partial charge in [0.1, 0.15) is 0 Å². The van der Waals surface area contributed by atoms with E-state index >= 15 is 0 Å². The molecule has 1 N–H and O–H groups in total. The van der Waals surface area contributed by atoms with Gasteiger partial charge in [0, 0.05) is 10.5 Å². The molecular formula is C12H16BrCl2N. The molecular weight excluding hydrogens is 309 g/mol. The molecule has 16 heavy (non-hydrogen) atoms. The van der Waals surface area contributed by atoms with E-state index in [1.165, 1.54) is 0 Å². The monoisotopic (exact) mass is 323 g/mol. The standard InChI is InChI=1S/C12H16BrCl2N/c1-4-11(7(2)3)16-12-9(14)5-8(13)6-10(12)15/h5-7,11,16H,4H2,1-3H3. The maximum absolute atomic E-state index is 6.16. The largest absolute Gasteiger partial charge is 0.380 e. The summed E-state index contributed by atoms with van der Waals surface area (Å²) in [4.78, 5) is 0. The summed E-state index contributed by atoms with van der Waals surface area (Å²) in [6.07, 6.45) is 1.04. The first-order valence-electron chi connectivity index (χ1n) is 5.36. The van der Waals surface area contributed by atoms with Crippen LogP contribution in [0.25, 0.3) is 0 Å². The zero-order chi connectivity index (χ0) is 12.3. The van der Waals surface area contributed by atoms with E-state index in [2.05, 4.69) is 42.0 Å². The minimum absolute atomic E-state index is 0.385. The van der Waals surface area contributed by atoms with E-state index in [0.717, 1.165) is 16.6 Å². The van der Waals surface area contributed by atoms with Crippen LogP contribution >= 0.6 is 39.1 Å². The molecule has 0 saturated heterocycles. The summed E-state index contributed by atoms with van der Waals surface area (Å²) in [6, 6.07) is 4.09. The van der Waals surface area contributed by atoms with Crippen LogP contribution in [-0.2, 0) is 0 Å². The average Bonchev–Trinajstić information content (AvgIpc) is 2.15. The molecule has 0 heterocycles. The van der Waals surface area contributed by atoms with E-state index in [1.54, 1.807) is 0 Å². The van der Waals surface area contributed by atoms with Crippen LogP contribution < -0.4 is 5.32 Å². The fourth-order valence-electron chi connectivity index (χ4n) is 1.61. The molecule has 0 spiro atoms. The summed E-state index contributed by atoms with van der Waals surface area (Å²) in [5, 5.41) is 4.71. The third-order valence-corrected chi connectivity index (χ3v) is 3.64. The van der Waals surface area contributed by atoms with Crippen LogP contribution in [0.15, 0.2) is 16.6 Å². The molecule has 1 nitrogen and oxygen atoms in total. The highest BCUT2D eigenvalue weighted by molar-refractivity contribution is 9.10. The molecule has 0 aliphatic carbocycles. The molecule has 0 aliphatic rings. The minimum Gasteiger partial charge on any atom is -0.380 e. The van der Waals surface area contributed by atoms with E-state index in [1.807, 2.05) is 12.1 Å². The molecule has 0 radical (unpaired) electrons. The van der Waals surface area contributed by atoms with E-state index in [9.17, 15) is 0 Å². The van der Waals surface area contributed by atoms with Gasteiger partial charge in [-0.25, -0.2) is 0 Å². The van der Waals surface area contributed by atoms with Crippen molar-refractivity contribution in [2.75, 3.05) is 5.32 Å². The normalized spacial score (nSPS) is 12.9. The van der Waals surface area contributed by atoms with Crippen molar-refractivity contribution in [2.45, 2.75) is 33.2 Å². The fourth-order valence-corrected chi connectivity index (χ4v) is 2.92. The first-order valence-corrected chi connectivity index (χ1v) is 6.91. The Labute approximate surface area is 116 Å². The van der Waals surface area contributed by atoms with Crippen LogP contribution in [0.3, 0.4) is 0 Å².